The van der Waals surface area contributed by atoms with Gasteiger partial charge in [0.2, 0.25) is 6.10 Å². The van der Waals surface area contributed by atoms with Gasteiger partial charge >= 0.3 is 0 Å². The van der Waals surface area contributed by atoms with E-state index < -0.39 is 12.0 Å². The molecule has 19 heavy (non-hydrogen) atoms. The Morgan fingerprint density at radius 3 is 2.32 bits per heavy atom. The van der Waals surface area contributed by atoms with Crippen molar-refractivity contribution in [1.82, 2.24) is 5.43 Å². The van der Waals surface area contributed by atoms with Crippen LogP contribution in [0.1, 0.15) is 26.3 Å². The number of hydrogen-bond acceptors (Lipinski definition) is 4. The van der Waals surface area contributed by atoms with Crippen molar-refractivity contribution in [2.75, 3.05) is 13.7 Å². The van der Waals surface area contributed by atoms with Crippen LogP contribution >= 0.6 is 0 Å². The minimum atomic E-state index is -0.754. The van der Waals surface area contributed by atoms with Gasteiger partial charge in [0.1, 0.15) is 5.75 Å². The Morgan fingerprint density at radius 2 is 1.89 bits per heavy atom. The average Bonchev–Trinajstić information content (AvgIpc) is 2.37. The van der Waals surface area contributed by atoms with E-state index in [1.165, 1.54) is 12.7 Å². The molecule has 0 aliphatic rings. The van der Waals surface area contributed by atoms with Gasteiger partial charge in [0, 0.05) is 7.11 Å². The quantitative estimate of drug-likeness (QED) is 0.479. The van der Waals surface area contributed by atoms with Crippen molar-refractivity contribution in [3.63, 3.8) is 0 Å². The Balaban J connectivity index is 2.78. The van der Waals surface area contributed by atoms with Crippen LogP contribution in [0.3, 0.4) is 0 Å². The number of nitrogens with two attached hydrogens (primary N) is 1. The molecule has 0 aliphatic heterocycles. The van der Waals surface area contributed by atoms with E-state index in [1.54, 1.807) is 0 Å². The standard InChI is InChI=1S/C14H22N2O3/c1-14(2,3)10-5-7-11(8-6-10)19-12(9-18-4)13(17)16-15/h5-8,12H,9,15H2,1-4H3,(H,16,17). The molecular weight excluding hydrogens is 244 g/mol. The molecule has 3 N–H and O–H groups in total. The van der Waals surface area contributed by atoms with Crippen LogP contribution in [-0.4, -0.2) is 25.7 Å². The average molecular weight is 266 g/mol. The maximum absolute atomic E-state index is 11.5. The third kappa shape index (κ3) is 4.54. The van der Waals surface area contributed by atoms with Crippen LogP contribution in [-0.2, 0) is 14.9 Å². The first-order chi connectivity index (χ1) is 8.88. The van der Waals surface area contributed by atoms with Gasteiger partial charge in [0.25, 0.3) is 5.91 Å². The van der Waals surface area contributed by atoms with Crippen LogP contribution in [0.4, 0.5) is 0 Å². The summed E-state index contributed by atoms with van der Waals surface area (Å²) in [5, 5.41) is 0. The molecule has 0 bridgehead atoms. The number of benzene rings is 1. The van der Waals surface area contributed by atoms with Crippen molar-refractivity contribution < 1.29 is 14.3 Å². The molecular formula is C14H22N2O3. The highest BCUT2D eigenvalue weighted by Gasteiger charge is 2.20. The Morgan fingerprint density at radius 1 is 1.32 bits per heavy atom. The van der Waals surface area contributed by atoms with Gasteiger partial charge in [-0.3, -0.25) is 10.2 Å². The predicted molar refractivity (Wildman–Crippen MR) is 73.8 cm³/mol. The van der Waals surface area contributed by atoms with Crippen LogP contribution in [0.5, 0.6) is 5.75 Å². The third-order valence-electron chi connectivity index (χ3n) is 2.75. The zero-order valence-electron chi connectivity index (χ0n) is 11.9. The van der Waals surface area contributed by atoms with E-state index in [1.807, 2.05) is 24.3 Å². The van der Waals surface area contributed by atoms with Gasteiger partial charge in [-0.25, -0.2) is 5.84 Å². The lowest BCUT2D eigenvalue weighted by molar-refractivity contribution is -0.130. The third-order valence-corrected chi connectivity index (χ3v) is 2.75. The molecule has 106 valence electrons. The first kappa shape index (κ1) is 15.5. The number of rotatable bonds is 5. The van der Waals surface area contributed by atoms with Crippen LogP contribution in [0.2, 0.25) is 0 Å². The number of carbonyl (C=O) groups excluding carboxylic acids is 1. The fourth-order valence-corrected chi connectivity index (χ4v) is 1.61. The minimum Gasteiger partial charge on any atom is -0.478 e. The van der Waals surface area contributed by atoms with Gasteiger partial charge in [0.05, 0.1) is 6.61 Å². The maximum atomic E-state index is 11.5. The van der Waals surface area contributed by atoms with E-state index in [4.69, 9.17) is 15.3 Å². The fraction of sp³-hybridized carbons (Fsp3) is 0.500. The summed E-state index contributed by atoms with van der Waals surface area (Å²) in [5.41, 5.74) is 3.34. The van der Waals surface area contributed by atoms with Crippen molar-refractivity contribution in [2.24, 2.45) is 5.84 Å². The van der Waals surface area contributed by atoms with Gasteiger partial charge in [-0.2, -0.15) is 0 Å². The molecule has 0 saturated heterocycles. The van der Waals surface area contributed by atoms with E-state index in [0.717, 1.165) is 0 Å². The number of ether oxygens (including phenoxy) is 2. The number of hydrazine groups is 1. The Labute approximate surface area is 114 Å². The Bertz CT molecular complexity index is 410. The van der Waals surface area contributed by atoms with E-state index in [0.29, 0.717) is 5.75 Å². The topological polar surface area (TPSA) is 73.6 Å². The number of methoxy groups -OCH3 is 1. The Hall–Kier alpha value is -1.59. The summed E-state index contributed by atoms with van der Waals surface area (Å²) in [6.45, 7) is 6.55. The molecule has 0 fully saturated rings. The van der Waals surface area contributed by atoms with Crippen LogP contribution < -0.4 is 16.0 Å². The molecule has 1 unspecified atom stereocenters. The predicted octanol–water partition coefficient (Wildman–Crippen LogP) is 1.37. The molecule has 1 amide bonds. The molecule has 1 aromatic carbocycles. The van der Waals surface area contributed by atoms with E-state index in [9.17, 15) is 4.79 Å². The molecule has 0 radical (unpaired) electrons. The van der Waals surface area contributed by atoms with Crippen LogP contribution in [0.25, 0.3) is 0 Å². The molecule has 5 heteroatoms. The summed E-state index contributed by atoms with van der Waals surface area (Å²) in [6.07, 6.45) is -0.754. The second-order valence-electron chi connectivity index (χ2n) is 5.34. The maximum Gasteiger partial charge on any atom is 0.277 e. The summed E-state index contributed by atoms with van der Waals surface area (Å²) in [5.74, 6) is 5.30. The zero-order valence-corrected chi connectivity index (χ0v) is 11.9. The second kappa shape index (κ2) is 6.54. The van der Waals surface area contributed by atoms with E-state index >= 15 is 0 Å². The van der Waals surface area contributed by atoms with Gasteiger partial charge in [-0.15, -0.1) is 0 Å². The molecule has 0 saturated carbocycles. The first-order valence-corrected chi connectivity index (χ1v) is 6.15. The largest absolute Gasteiger partial charge is 0.478 e. The van der Waals surface area contributed by atoms with Crippen molar-refractivity contribution in [3.05, 3.63) is 29.8 Å². The van der Waals surface area contributed by atoms with E-state index in [-0.39, 0.29) is 12.0 Å². The van der Waals surface area contributed by atoms with Crippen molar-refractivity contribution in [3.8, 4) is 5.75 Å². The van der Waals surface area contributed by atoms with Gasteiger partial charge in [-0.05, 0) is 23.1 Å². The SMILES string of the molecule is COCC(Oc1ccc(C(C)(C)C)cc1)C(=O)NN. The molecule has 0 aromatic heterocycles. The first-order valence-electron chi connectivity index (χ1n) is 6.15. The molecule has 1 atom stereocenters. The lowest BCUT2D eigenvalue weighted by Crippen LogP contribution is -2.44. The number of carbonyl (C=O) groups is 1. The number of hydrogen-bond donors (Lipinski definition) is 2. The monoisotopic (exact) mass is 266 g/mol. The normalized spacial score (nSPS) is 12.9. The highest BCUT2D eigenvalue weighted by molar-refractivity contribution is 5.80. The molecule has 5 nitrogen and oxygen atoms in total. The van der Waals surface area contributed by atoms with Crippen LogP contribution in [0, 0.1) is 0 Å². The highest BCUT2D eigenvalue weighted by atomic mass is 16.5. The molecule has 1 rings (SSSR count). The molecule has 0 aliphatic carbocycles. The summed E-state index contributed by atoms with van der Waals surface area (Å²) in [4.78, 5) is 11.5. The van der Waals surface area contributed by atoms with Gasteiger partial charge in [-0.1, -0.05) is 32.9 Å². The van der Waals surface area contributed by atoms with Crippen molar-refractivity contribution in [1.29, 1.82) is 0 Å². The van der Waals surface area contributed by atoms with Crippen molar-refractivity contribution >= 4 is 5.91 Å². The highest BCUT2D eigenvalue weighted by Crippen LogP contribution is 2.24. The lowest BCUT2D eigenvalue weighted by Gasteiger charge is -2.20. The van der Waals surface area contributed by atoms with Gasteiger partial charge in [0.15, 0.2) is 0 Å². The minimum absolute atomic E-state index is 0.0824. The summed E-state index contributed by atoms with van der Waals surface area (Å²) < 4.78 is 10.5. The summed E-state index contributed by atoms with van der Waals surface area (Å²) in [6, 6.07) is 7.65. The molecule has 0 spiro atoms. The van der Waals surface area contributed by atoms with Crippen molar-refractivity contribution in [2.45, 2.75) is 32.3 Å². The lowest BCUT2D eigenvalue weighted by atomic mass is 9.87. The molecule has 1 aromatic rings. The van der Waals surface area contributed by atoms with Gasteiger partial charge < -0.3 is 9.47 Å². The van der Waals surface area contributed by atoms with E-state index in [2.05, 4.69) is 26.2 Å². The number of amides is 1. The zero-order chi connectivity index (χ0) is 14.5. The second-order valence-corrected chi connectivity index (χ2v) is 5.34. The molecule has 0 heterocycles. The summed E-state index contributed by atoms with van der Waals surface area (Å²) >= 11 is 0. The summed E-state index contributed by atoms with van der Waals surface area (Å²) in [7, 11) is 1.50. The number of nitrogens with one attached hydrogen (secondary N) is 1. The Kier molecular flexibility index (Phi) is 5.32. The van der Waals surface area contributed by atoms with Crippen LogP contribution in [0.15, 0.2) is 24.3 Å². The fourth-order valence-electron chi connectivity index (χ4n) is 1.61. The smallest absolute Gasteiger partial charge is 0.277 e.